The summed E-state index contributed by atoms with van der Waals surface area (Å²) in [5.41, 5.74) is 2.13. The molecule has 1 aliphatic rings. The number of fused-ring (bicyclic) bond motifs is 1. The molecule has 1 aromatic heterocycles. The normalized spacial score (nSPS) is 16.8. The third kappa shape index (κ3) is 4.75. The van der Waals surface area contributed by atoms with Crippen LogP contribution in [0.4, 0.5) is 5.82 Å². The number of carbonyl (C=O) groups excluding carboxylic acids is 1. The maximum atomic E-state index is 13.6. The van der Waals surface area contributed by atoms with Gasteiger partial charge in [-0.05, 0) is 56.4 Å². The number of nitrogens with zero attached hydrogens (tertiary/aromatic N) is 2. The van der Waals surface area contributed by atoms with Gasteiger partial charge in [-0.15, -0.1) is 12.4 Å². The van der Waals surface area contributed by atoms with Crippen molar-refractivity contribution in [1.82, 2.24) is 15.1 Å². The second-order valence-electron chi connectivity index (χ2n) is 9.19. The molecule has 0 saturated heterocycles. The van der Waals surface area contributed by atoms with Crippen molar-refractivity contribution >= 4 is 35.7 Å². The van der Waals surface area contributed by atoms with Crippen molar-refractivity contribution in [3.63, 3.8) is 0 Å². The second-order valence-corrected chi connectivity index (χ2v) is 9.63. The first-order chi connectivity index (χ1) is 15.3. The largest absolute Gasteiger partial charge is 0.363 e. The van der Waals surface area contributed by atoms with E-state index in [1.165, 1.54) is 5.56 Å². The van der Waals surface area contributed by atoms with Gasteiger partial charge in [-0.2, -0.15) is 5.10 Å². The molecule has 176 valence electrons. The van der Waals surface area contributed by atoms with Crippen molar-refractivity contribution < 1.29 is 4.79 Å². The molecule has 3 aromatic rings. The van der Waals surface area contributed by atoms with E-state index >= 15 is 0 Å². The molecule has 0 bridgehead atoms. The van der Waals surface area contributed by atoms with Crippen LogP contribution >= 0.6 is 24.0 Å². The predicted octanol–water partition coefficient (Wildman–Crippen LogP) is 6.70. The Balaban J connectivity index is 0.00000306. The summed E-state index contributed by atoms with van der Waals surface area (Å²) in [6, 6.07) is 18.2. The van der Waals surface area contributed by atoms with E-state index in [1.54, 1.807) is 6.20 Å². The van der Waals surface area contributed by atoms with Gasteiger partial charge in [0.15, 0.2) is 0 Å². The number of anilines is 1. The minimum atomic E-state index is -0.473. The number of rotatable bonds is 6. The van der Waals surface area contributed by atoms with Gasteiger partial charge in [0, 0.05) is 5.02 Å². The molecular formula is C26H32Cl2N4O. The van der Waals surface area contributed by atoms with Crippen LogP contribution in [-0.2, 0) is 11.1 Å². The summed E-state index contributed by atoms with van der Waals surface area (Å²) >= 11 is 6.10. The van der Waals surface area contributed by atoms with Crippen molar-refractivity contribution in [1.29, 1.82) is 0 Å². The zero-order chi connectivity index (χ0) is 22.9. The highest BCUT2D eigenvalue weighted by Gasteiger charge is 2.38. The van der Waals surface area contributed by atoms with E-state index in [4.69, 9.17) is 11.6 Å². The zero-order valence-corrected chi connectivity index (χ0v) is 21.1. The Morgan fingerprint density at radius 3 is 2.39 bits per heavy atom. The summed E-state index contributed by atoms with van der Waals surface area (Å²) in [4.78, 5) is 13.6. The van der Waals surface area contributed by atoms with E-state index in [0.29, 0.717) is 10.6 Å². The van der Waals surface area contributed by atoms with Crippen molar-refractivity contribution in [2.45, 2.75) is 64.1 Å². The maximum Gasteiger partial charge on any atom is 0.257 e. The van der Waals surface area contributed by atoms with Gasteiger partial charge >= 0.3 is 0 Å². The third-order valence-electron chi connectivity index (χ3n) is 6.76. The molecule has 2 aromatic carbocycles. The molecule has 1 atom stereocenters. The van der Waals surface area contributed by atoms with Crippen LogP contribution in [0, 0.1) is 0 Å². The minimum absolute atomic E-state index is 0. The van der Waals surface area contributed by atoms with Crippen LogP contribution < -0.4 is 10.6 Å². The number of hydrogen-bond donors (Lipinski definition) is 2. The van der Waals surface area contributed by atoms with Gasteiger partial charge in [0.1, 0.15) is 11.4 Å². The van der Waals surface area contributed by atoms with Crippen LogP contribution in [0.25, 0.3) is 0 Å². The van der Waals surface area contributed by atoms with Crippen molar-refractivity contribution in [2.75, 3.05) is 5.32 Å². The maximum absolute atomic E-state index is 13.6. The molecule has 0 saturated carbocycles. The lowest BCUT2D eigenvalue weighted by atomic mass is 9.84. The molecule has 0 unspecified atom stereocenters. The predicted molar refractivity (Wildman–Crippen MR) is 137 cm³/mol. The SMILES string of the molecule is CCC(CC)(NC(=O)c1cnn2c1N[C@H](c1ccccc1)CC2(C)C)c1ccc(Cl)cc1.Cl. The molecule has 0 fully saturated rings. The standard InChI is InChI=1S/C26H31ClN4O.ClH/c1-5-26(6-2,19-12-14-20(27)15-13-19)30-24(32)21-17-28-31-23(21)29-22(16-25(31,3)4)18-10-8-7-9-11-18;/h7-15,17,22,29H,5-6,16H2,1-4H3,(H,30,32);1H/t22-;/m0./s1. The summed E-state index contributed by atoms with van der Waals surface area (Å²) < 4.78 is 1.95. The average Bonchev–Trinajstić information content (AvgIpc) is 3.24. The Bertz CT molecular complexity index is 1090. The smallest absolute Gasteiger partial charge is 0.257 e. The van der Waals surface area contributed by atoms with Gasteiger partial charge in [-0.3, -0.25) is 4.79 Å². The van der Waals surface area contributed by atoms with Gasteiger partial charge in [0.25, 0.3) is 5.91 Å². The lowest BCUT2D eigenvalue weighted by Gasteiger charge is -2.38. The topological polar surface area (TPSA) is 59.0 Å². The van der Waals surface area contributed by atoms with Gasteiger partial charge in [-0.1, -0.05) is 67.9 Å². The van der Waals surface area contributed by atoms with Crippen LogP contribution in [0.3, 0.4) is 0 Å². The molecule has 2 heterocycles. The molecular weight excluding hydrogens is 455 g/mol. The van der Waals surface area contributed by atoms with E-state index in [0.717, 1.165) is 30.6 Å². The Morgan fingerprint density at radius 1 is 1.15 bits per heavy atom. The van der Waals surface area contributed by atoms with Crippen LogP contribution in [0.15, 0.2) is 60.8 Å². The number of amides is 1. The monoisotopic (exact) mass is 486 g/mol. The molecule has 0 spiro atoms. The number of aromatic nitrogens is 2. The highest BCUT2D eigenvalue weighted by Crippen LogP contribution is 2.40. The number of halogens is 2. The first kappa shape index (κ1) is 25.1. The molecule has 0 radical (unpaired) electrons. The van der Waals surface area contributed by atoms with Crippen LogP contribution in [0.1, 0.15) is 74.5 Å². The lowest BCUT2D eigenvalue weighted by molar-refractivity contribution is 0.0890. The van der Waals surface area contributed by atoms with E-state index in [1.807, 2.05) is 47.1 Å². The fraction of sp³-hybridized carbons (Fsp3) is 0.385. The average molecular weight is 487 g/mol. The third-order valence-corrected chi connectivity index (χ3v) is 7.01. The summed E-state index contributed by atoms with van der Waals surface area (Å²) in [6.45, 7) is 8.52. The summed E-state index contributed by atoms with van der Waals surface area (Å²) in [7, 11) is 0. The fourth-order valence-corrected chi connectivity index (χ4v) is 4.89. The quantitative estimate of drug-likeness (QED) is 0.407. The first-order valence-electron chi connectivity index (χ1n) is 11.3. The first-order valence-corrected chi connectivity index (χ1v) is 11.7. The van der Waals surface area contributed by atoms with Crippen LogP contribution in [-0.4, -0.2) is 15.7 Å². The van der Waals surface area contributed by atoms with Gasteiger partial charge < -0.3 is 10.6 Å². The van der Waals surface area contributed by atoms with Crippen LogP contribution in [0.2, 0.25) is 5.02 Å². The summed E-state index contributed by atoms with van der Waals surface area (Å²) in [5.74, 6) is 0.645. The molecule has 5 nitrogen and oxygen atoms in total. The Kier molecular flexibility index (Phi) is 7.45. The number of benzene rings is 2. The number of carbonyl (C=O) groups is 1. The summed E-state index contributed by atoms with van der Waals surface area (Å²) in [5, 5.41) is 12.2. The summed E-state index contributed by atoms with van der Waals surface area (Å²) in [6.07, 6.45) is 4.11. The van der Waals surface area contributed by atoms with E-state index in [-0.39, 0.29) is 29.9 Å². The van der Waals surface area contributed by atoms with E-state index in [2.05, 4.69) is 55.6 Å². The van der Waals surface area contributed by atoms with E-state index < -0.39 is 5.54 Å². The lowest BCUT2D eigenvalue weighted by Crippen LogP contribution is -2.45. The van der Waals surface area contributed by atoms with Gasteiger partial charge in [0.05, 0.1) is 23.3 Å². The molecule has 33 heavy (non-hydrogen) atoms. The second kappa shape index (κ2) is 9.78. The van der Waals surface area contributed by atoms with Crippen LogP contribution in [0.5, 0.6) is 0 Å². The van der Waals surface area contributed by atoms with E-state index in [9.17, 15) is 4.79 Å². The Labute approximate surface area is 207 Å². The zero-order valence-electron chi connectivity index (χ0n) is 19.6. The minimum Gasteiger partial charge on any atom is -0.363 e. The highest BCUT2D eigenvalue weighted by atomic mass is 35.5. The Morgan fingerprint density at radius 2 is 1.79 bits per heavy atom. The molecule has 2 N–H and O–H groups in total. The van der Waals surface area contributed by atoms with Gasteiger partial charge in [-0.25, -0.2) is 4.68 Å². The highest BCUT2D eigenvalue weighted by molar-refractivity contribution is 6.30. The molecule has 1 amide bonds. The van der Waals surface area contributed by atoms with Crippen molar-refractivity contribution in [2.24, 2.45) is 0 Å². The van der Waals surface area contributed by atoms with Gasteiger partial charge in [0.2, 0.25) is 0 Å². The Hall–Kier alpha value is -2.50. The fourth-order valence-electron chi connectivity index (χ4n) is 4.76. The van der Waals surface area contributed by atoms with Crippen molar-refractivity contribution in [3.8, 4) is 0 Å². The number of nitrogens with one attached hydrogen (secondary N) is 2. The molecule has 7 heteroatoms. The van der Waals surface area contributed by atoms with Crippen molar-refractivity contribution in [3.05, 3.63) is 82.5 Å². The number of hydrogen-bond acceptors (Lipinski definition) is 3. The molecule has 4 rings (SSSR count). The molecule has 0 aliphatic carbocycles. The molecule has 1 aliphatic heterocycles.